The van der Waals surface area contributed by atoms with Gasteiger partial charge in [-0.05, 0) is 13.3 Å². The number of nitrogens with zero attached hydrogens (tertiary/aromatic N) is 1. The maximum Gasteiger partial charge on any atom is 0.148 e. The van der Waals surface area contributed by atoms with E-state index in [9.17, 15) is 0 Å². The summed E-state index contributed by atoms with van der Waals surface area (Å²) in [6.45, 7) is 5.15. The Bertz CT molecular complexity index is 184. The Kier molecular flexibility index (Phi) is 2.95. The molecule has 0 fully saturated rings. The van der Waals surface area contributed by atoms with E-state index >= 15 is 0 Å². The lowest BCUT2D eigenvalue weighted by Crippen LogP contribution is -1.95. The van der Waals surface area contributed by atoms with Gasteiger partial charge in [0.25, 0.3) is 0 Å². The van der Waals surface area contributed by atoms with Crippen LogP contribution in [0.2, 0.25) is 0 Å². The smallest absolute Gasteiger partial charge is 0.148 e. The molecule has 0 spiro atoms. The molecule has 0 amide bonds. The van der Waals surface area contributed by atoms with Crippen LogP contribution in [-0.4, -0.2) is 16.7 Å². The molecule has 1 aromatic rings. The van der Waals surface area contributed by atoms with Crippen LogP contribution < -0.4 is 5.32 Å². The van der Waals surface area contributed by atoms with E-state index in [1.807, 2.05) is 0 Å². The molecule has 0 aliphatic rings. The number of anilines is 1. The van der Waals surface area contributed by atoms with Crippen LogP contribution in [0.25, 0.3) is 0 Å². The largest absolute Gasteiger partial charge is 0.369 e. The zero-order valence-electron chi connectivity index (χ0n) is 7.15. The van der Waals surface area contributed by atoms with Gasteiger partial charge in [-0.15, -0.1) is 0 Å². The molecular weight excluding hydrogens is 138 g/mol. The van der Waals surface area contributed by atoms with Crippen LogP contribution in [0.3, 0.4) is 0 Å². The van der Waals surface area contributed by atoms with E-state index in [0.717, 1.165) is 25.2 Å². The summed E-state index contributed by atoms with van der Waals surface area (Å²) in [5, 5.41) is 10.2. The molecule has 11 heavy (non-hydrogen) atoms. The van der Waals surface area contributed by atoms with E-state index in [0.29, 0.717) is 0 Å². The van der Waals surface area contributed by atoms with E-state index in [-0.39, 0.29) is 0 Å². The third-order valence-corrected chi connectivity index (χ3v) is 1.51. The molecule has 62 valence electrons. The van der Waals surface area contributed by atoms with Gasteiger partial charge in [0.1, 0.15) is 5.82 Å². The van der Waals surface area contributed by atoms with Crippen LogP contribution >= 0.6 is 0 Å². The number of H-pyrrole nitrogens is 1. The monoisotopic (exact) mass is 153 g/mol. The van der Waals surface area contributed by atoms with E-state index in [2.05, 4.69) is 35.4 Å². The average Bonchev–Trinajstić information content (AvgIpc) is 2.38. The first kappa shape index (κ1) is 8.11. The minimum absolute atomic E-state index is 0.927. The molecule has 0 aliphatic heterocycles. The van der Waals surface area contributed by atoms with Crippen LogP contribution in [0.5, 0.6) is 0 Å². The summed E-state index contributed by atoms with van der Waals surface area (Å²) in [7, 11) is 0. The molecule has 0 saturated carbocycles. The number of nitrogens with one attached hydrogen (secondary N) is 2. The second-order valence-electron chi connectivity index (χ2n) is 2.56. The number of aromatic nitrogens is 2. The second-order valence-corrected chi connectivity index (χ2v) is 2.56. The fourth-order valence-corrected chi connectivity index (χ4v) is 1.03. The van der Waals surface area contributed by atoms with Gasteiger partial charge in [-0.2, -0.15) is 5.10 Å². The number of aryl methyl sites for hydroxylation is 1. The van der Waals surface area contributed by atoms with Gasteiger partial charge in [-0.25, -0.2) is 0 Å². The maximum atomic E-state index is 4.09. The van der Waals surface area contributed by atoms with Crippen molar-refractivity contribution in [1.82, 2.24) is 10.2 Å². The van der Waals surface area contributed by atoms with Crippen molar-refractivity contribution in [3.63, 3.8) is 0 Å². The number of hydrogen-bond acceptors (Lipinski definition) is 2. The van der Waals surface area contributed by atoms with E-state index < -0.39 is 0 Å². The molecule has 0 radical (unpaired) electrons. The van der Waals surface area contributed by atoms with Crippen molar-refractivity contribution < 1.29 is 0 Å². The van der Waals surface area contributed by atoms with Crippen LogP contribution in [0, 0.1) is 0 Å². The highest BCUT2D eigenvalue weighted by Crippen LogP contribution is 2.06. The first-order valence-corrected chi connectivity index (χ1v) is 4.15. The number of aromatic amines is 1. The second kappa shape index (κ2) is 4.01. The summed E-state index contributed by atoms with van der Waals surface area (Å²) in [5.41, 5.74) is 1.21. The molecule has 1 aromatic heterocycles. The minimum Gasteiger partial charge on any atom is -0.369 e. The topological polar surface area (TPSA) is 40.7 Å². The zero-order valence-corrected chi connectivity index (χ0v) is 7.15. The lowest BCUT2D eigenvalue weighted by atomic mass is 10.2. The predicted molar refractivity (Wildman–Crippen MR) is 46.7 cm³/mol. The van der Waals surface area contributed by atoms with Gasteiger partial charge in [-0.1, -0.05) is 13.3 Å². The molecular formula is C8H15N3. The van der Waals surface area contributed by atoms with Gasteiger partial charge in [0.2, 0.25) is 0 Å². The molecule has 0 unspecified atom stereocenters. The fraction of sp³-hybridized carbons (Fsp3) is 0.625. The van der Waals surface area contributed by atoms with Gasteiger partial charge in [0.15, 0.2) is 0 Å². The molecule has 2 N–H and O–H groups in total. The van der Waals surface area contributed by atoms with Crippen molar-refractivity contribution >= 4 is 5.82 Å². The third-order valence-electron chi connectivity index (χ3n) is 1.51. The Hall–Kier alpha value is -0.990. The summed E-state index contributed by atoms with van der Waals surface area (Å²) in [5.74, 6) is 0.955. The number of hydrogen-bond donors (Lipinski definition) is 2. The van der Waals surface area contributed by atoms with Gasteiger partial charge in [0.05, 0.1) is 0 Å². The maximum absolute atomic E-state index is 4.09. The lowest BCUT2D eigenvalue weighted by molar-refractivity contribution is 0.867. The first-order valence-electron chi connectivity index (χ1n) is 4.15. The predicted octanol–water partition coefficient (Wildman–Crippen LogP) is 1.79. The first-order chi connectivity index (χ1) is 5.36. The molecule has 1 rings (SSSR count). The van der Waals surface area contributed by atoms with Gasteiger partial charge in [-0.3, -0.25) is 5.10 Å². The Morgan fingerprint density at radius 1 is 1.55 bits per heavy atom. The van der Waals surface area contributed by atoms with E-state index in [1.54, 1.807) is 0 Å². The quantitative estimate of drug-likeness (QED) is 0.692. The van der Waals surface area contributed by atoms with Crippen molar-refractivity contribution in [3.05, 3.63) is 11.8 Å². The summed E-state index contributed by atoms with van der Waals surface area (Å²) in [6, 6.07) is 2.06. The van der Waals surface area contributed by atoms with Crippen molar-refractivity contribution in [1.29, 1.82) is 0 Å². The van der Waals surface area contributed by atoms with Crippen molar-refractivity contribution in [2.24, 2.45) is 0 Å². The lowest BCUT2D eigenvalue weighted by Gasteiger charge is -1.92. The molecule has 0 saturated heterocycles. The summed E-state index contributed by atoms with van der Waals surface area (Å²) >= 11 is 0. The van der Waals surface area contributed by atoms with Gasteiger partial charge >= 0.3 is 0 Å². The standard InChI is InChI=1S/C8H15N3/c1-3-5-7-6-8(9-4-2)11-10-7/h6H,3-5H2,1-2H3,(H2,9,10,11). The molecule has 3 nitrogen and oxygen atoms in total. The number of rotatable bonds is 4. The summed E-state index contributed by atoms with van der Waals surface area (Å²) < 4.78 is 0. The van der Waals surface area contributed by atoms with Gasteiger partial charge < -0.3 is 5.32 Å². The highest BCUT2D eigenvalue weighted by atomic mass is 15.2. The van der Waals surface area contributed by atoms with E-state index in [4.69, 9.17) is 0 Å². The SMILES string of the molecule is CCCc1cc(NCC)n[nH]1. The van der Waals surface area contributed by atoms with E-state index in [1.165, 1.54) is 5.69 Å². The molecule has 0 bridgehead atoms. The Balaban J connectivity index is 2.51. The van der Waals surface area contributed by atoms with Gasteiger partial charge in [0, 0.05) is 18.3 Å². The van der Waals surface area contributed by atoms with Crippen LogP contribution in [0.4, 0.5) is 5.82 Å². The molecule has 3 heteroatoms. The molecule has 0 aliphatic carbocycles. The molecule has 0 atom stereocenters. The Morgan fingerprint density at radius 2 is 2.36 bits per heavy atom. The third kappa shape index (κ3) is 2.26. The van der Waals surface area contributed by atoms with Crippen LogP contribution in [-0.2, 0) is 6.42 Å². The molecule has 0 aromatic carbocycles. The van der Waals surface area contributed by atoms with Crippen molar-refractivity contribution in [2.45, 2.75) is 26.7 Å². The van der Waals surface area contributed by atoms with Crippen molar-refractivity contribution in [3.8, 4) is 0 Å². The van der Waals surface area contributed by atoms with Crippen LogP contribution in [0.1, 0.15) is 26.0 Å². The normalized spacial score (nSPS) is 10.0. The Morgan fingerprint density at radius 3 is 3.00 bits per heavy atom. The highest BCUT2D eigenvalue weighted by molar-refractivity contribution is 5.34. The average molecular weight is 153 g/mol. The zero-order chi connectivity index (χ0) is 8.10. The molecule has 1 heterocycles. The highest BCUT2D eigenvalue weighted by Gasteiger charge is 1.96. The fourth-order valence-electron chi connectivity index (χ4n) is 1.03. The minimum atomic E-state index is 0.927. The summed E-state index contributed by atoms with van der Waals surface area (Å²) in [6.07, 6.45) is 2.24. The summed E-state index contributed by atoms with van der Waals surface area (Å²) in [4.78, 5) is 0. The van der Waals surface area contributed by atoms with Crippen LogP contribution in [0.15, 0.2) is 6.07 Å². The van der Waals surface area contributed by atoms with Crippen molar-refractivity contribution in [2.75, 3.05) is 11.9 Å². The Labute approximate surface area is 67.2 Å².